The molecule has 0 aromatic heterocycles. The van der Waals surface area contributed by atoms with Crippen molar-refractivity contribution in [3.05, 3.63) is 29.1 Å². The van der Waals surface area contributed by atoms with E-state index in [1.165, 1.54) is 18.9 Å². The summed E-state index contributed by atoms with van der Waals surface area (Å²) < 4.78 is 14.4. The van der Waals surface area contributed by atoms with E-state index in [-0.39, 0.29) is 23.7 Å². The number of halogens is 1. The van der Waals surface area contributed by atoms with Gasteiger partial charge in [-0.2, -0.15) is 0 Å². The Bertz CT molecular complexity index is 816. The zero-order chi connectivity index (χ0) is 22.0. The van der Waals surface area contributed by atoms with Gasteiger partial charge in [-0.3, -0.25) is 19.4 Å². The molecule has 1 aliphatic carbocycles. The summed E-state index contributed by atoms with van der Waals surface area (Å²) >= 11 is 0. The number of likely N-dealkylation sites (N-methyl/N-ethyl adjacent to an activating group) is 1. The number of benzene rings is 1. The van der Waals surface area contributed by atoms with Crippen molar-refractivity contribution in [1.82, 2.24) is 14.7 Å². The first-order valence-corrected chi connectivity index (χ1v) is 11.7. The first-order valence-electron chi connectivity index (χ1n) is 11.7. The highest BCUT2D eigenvalue weighted by atomic mass is 19.1. The van der Waals surface area contributed by atoms with Crippen molar-refractivity contribution in [2.24, 2.45) is 5.92 Å². The van der Waals surface area contributed by atoms with Crippen LogP contribution in [0.5, 0.6) is 0 Å². The molecule has 0 unspecified atom stereocenters. The van der Waals surface area contributed by atoms with Gasteiger partial charge in [0.05, 0.1) is 6.04 Å². The Morgan fingerprint density at radius 1 is 1.03 bits per heavy atom. The highest BCUT2D eigenvalue weighted by Gasteiger charge is 2.30. The molecule has 6 nitrogen and oxygen atoms in total. The van der Waals surface area contributed by atoms with Gasteiger partial charge in [0.25, 0.3) is 0 Å². The second-order valence-electron chi connectivity index (χ2n) is 9.45. The number of anilines is 1. The molecule has 2 aliphatic heterocycles. The molecule has 1 aromatic carbocycles. The summed E-state index contributed by atoms with van der Waals surface area (Å²) in [6.07, 6.45) is 6.26. The summed E-state index contributed by atoms with van der Waals surface area (Å²) in [5.41, 5.74) is 2.38. The maximum atomic E-state index is 14.4. The quantitative estimate of drug-likeness (QED) is 0.780. The molecule has 7 heteroatoms. The Labute approximate surface area is 184 Å². The second kappa shape index (κ2) is 9.65. The standard InChI is InChI=1S/C24H35FN4O2/c1-17-19(14-20(25)15-21(17)26-23(30)22-8-5-9-27(22)2)16-28-10-12-29(13-11-28)24(31)18-6-3-4-7-18/h14-15,18,22H,3-13,16H2,1-2H3,(H,26,30)/t22-/m1/s1. The van der Waals surface area contributed by atoms with Crippen LogP contribution in [0.25, 0.3) is 0 Å². The molecule has 2 saturated heterocycles. The lowest BCUT2D eigenvalue weighted by molar-refractivity contribution is -0.137. The summed E-state index contributed by atoms with van der Waals surface area (Å²) in [5.74, 6) is 0.160. The summed E-state index contributed by atoms with van der Waals surface area (Å²) in [5, 5.41) is 2.96. The number of likely N-dealkylation sites (tertiary alicyclic amines) is 1. The third-order valence-electron chi connectivity index (χ3n) is 7.34. The SMILES string of the molecule is Cc1c(CN2CCN(C(=O)C3CCCC3)CC2)cc(F)cc1NC(=O)[C@H]1CCCN1C. The number of piperazine rings is 1. The molecule has 1 N–H and O–H groups in total. The number of hydrogen-bond acceptors (Lipinski definition) is 4. The number of nitrogens with one attached hydrogen (secondary N) is 1. The van der Waals surface area contributed by atoms with Gasteiger partial charge in [-0.1, -0.05) is 12.8 Å². The van der Waals surface area contributed by atoms with Crippen molar-refractivity contribution in [2.75, 3.05) is 45.1 Å². The van der Waals surface area contributed by atoms with E-state index in [9.17, 15) is 14.0 Å². The number of carbonyl (C=O) groups is 2. The van der Waals surface area contributed by atoms with Crippen molar-refractivity contribution in [1.29, 1.82) is 0 Å². The fourth-order valence-electron chi connectivity index (χ4n) is 5.29. The van der Waals surface area contributed by atoms with Crippen molar-refractivity contribution >= 4 is 17.5 Å². The predicted octanol–water partition coefficient (Wildman–Crippen LogP) is 3.00. The minimum absolute atomic E-state index is 0.0568. The number of amides is 2. The molecule has 1 saturated carbocycles. The van der Waals surface area contributed by atoms with Crippen molar-refractivity contribution in [3.63, 3.8) is 0 Å². The van der Waals surface area contributed by atoms with Gasteiger partial charge < -0.3 is 10.2 Å². The minimum Gasteiger partial charge on any atom is -0.340 e. The Kier molecular flexibility index (Phi) is 6.92. The van der Waals surface area contributed by atoms with Crippen molar-refractivity contribution in [2.45, 2.75) is 58.0 Å². The van der Waals surface area contributed by atoms with Gasteiger partial charge in [0.15, 0.2) is 0 Å². The van der Waals surface area contributed by atoms with Crippen LogP contribution in [0.15, 0.2) is 12.1 Å². The Balaban J connectivity index is 1.36. The number of carbonyl (C=O) groups excluding carboxylic acids is 2. The smallest absolute Gasteiger partial charge is 0.241 e. The van der Waals surface area contributed by atoms with E-state index >= 15 is 0 Å². The summed E-state index contributed by atoms with van der Waals surface area (Å²) in [6.45, 7) is 6.55. The Morgan fingerprint density at radius 2 is 1.74 bits per heavy atom. The van der Waals surface area contributed by atoms with E-state index in [1.807, 2.05) is 18.9 Å². The van der Waals surface area contributed by atoms with Gasteiger partial charge in [0, 0.05) is 44.3 Å². The molecule has 2 heterocycles. The third kappa shape index (κ3) is 5.09. The van der Waals surface area contributed by atoms with Crippen LogP contribution >= 0.6 is 0 Å². The van der Waals surface area contributed by atoms with Gasteiger partial charge in [0.2, 0.25) is 11.8 Å². The minimum atomic E-state index is -0.328. The topological polar surface area (TPSA) is 55.9 Å². The molecule has 0 bridgehead atoms. The molecule has 170 valence electrons. The van der Waals surface area contributed by atoms with E-state index in [4.69, 9.17) is 0 Å². The first kappa shape index (κ1) is 22.2. The highest BCUT2D eigenvalue weighted by molar-refractivity contribution is 5.95. The molecular formula is C24H35FN4O2. The van der Waals surface area contributed by atoms with Crippen LogP contribution in [0.2, 0.25) is 0 Å². The van der Waals surface area contributed by atoms with Gasteiger partial charge in [-0.15, -0.1) is 0 Å². The van der Waals surface area contributed by atoms with Gasteiger partial charge >= 0.3 is 0 Å². The van der Waals surface area contributed by atoms with E-state index in [0.717, 1.165) is 69.5 Å². The zero-order valence-corrected chi connectivity index (χ0v) is 18.8. The van der Waals surface area contributed by atoms with Crippen molar-refractivity contribution < 1.29 is 14.0 Å². The van der Waals surface area contributed by atoms with E-state index in [2.05, 4.69) is 15.1 Å². The van der Waals surface area contributed by atoms with Crippen LogP contribution in [0, 0.1) is 18.7 Å². The molecule has 2 amide bonds. The molecule has 1 atom stereocenters. The largest absolute Gasteiger partial charge is 0.340 e. The molecule has 3 aliphatic rings. The second-order valence-corrected chi connectivity index (χ2v) is 9.45. The van der Waals surface area contributed by atoms with Crippen LogP contribution in [-0.4, -0.2) is 72.3 Å². The fourth-order valence-corrected chi connectivity index (χ4v) is 5.29. The zero-order valence-electron chi connectivity index (χ0n) is 18.8. The molecule has 0 spiro atoms. The highest BCUT2D eigenvalue weighted by Crippen LogP contribution is 2.28. The number of rotatable bonds is 5. The van der Waals surface area contributed by atoms with Crippen molar-refractivity contribution in [3.8, 4) is 0 Å². The average Bonchev–Trinajstić information content (AvgIpc) is 3.43. The lowest BCUT2D eigenvalue weighted by Crippen LogP contribution is -2.49. The number of hydrogen-bond donors (Lipinski definition) is 1. The summed E-state index contributed by atoms with van der Waals surface area (Å²) in [4.78, 5) is 31.7. The van der Waals surface area contributed by atoms with E-state index in [0.29, 0.717) is 18.1 Å². The molecular weight excluding hydrogens is 395 g/mol. The fraction of sp³-hybridized carbons (Fsp3) is 0.667. The van der Waals surface area contributed by atoms with Gasteiger partial charge in [-0.25, -0.2) is 4.39 Å². The molecule has 3 fully saturated rings. The van der Waals surface area contributed by atoms with Crippen LogP contribution in [0.3, 0.4) is 0 Å². The van der Waals surface area contributed by atoms with Crippen LogP contribution in [0.1, 0.15) is 49.7 Å². The van der Waals surface area contributed by atoms with Gasteiger partial charge in [0.1, 0.15) is 5.82 Å². The first-order chi connectivity index (χ1) is 14.9. The van der Waals surface area contributed by atoms with Crippen LogP contribution < -0.4 is 5.32 Å². The summed E-state index contributed by atoms with van der Waals surface area (Å²) in [6, 6.07) is 2.85. The lowest BCUT2D eigenvalue weighted by Gasteiger charge is -2.36. The molecule has 31 heavy (non-hydrogen) atoms. The van der Waals surface area contributed by atoms with E-state index in [1.54, 1.807) is 6.07 Å². The third-order valence-corrected chi connectivity index (χ3v) is 7.34. The molecule has 1 aromatic rings. The van der Waals surface area contributed by atoms with Crippen LogP contribution in [-0.2, 0) is 16.1 Å². The predicted molar refractivity (Wildman–Crippen MR) is 119 cm³/mol. The number of nitrogens with zero attached hydrogens (tertiary/aromatic N) is 3. The molecule has 4 rings (SSSR count). The maximum Gasteiger partial charge on any atom is 0.241 e. The Hall–Kier alpha value is -1.99. The van der Waals surface area contributed by atoms with Gasteiger partial charge in [-0.05, 0) is 69.5 Å². The maximum absolute atomic E-state index is 14.4. The molecule has 0 radical (unpaired) electrons. The lowest BCUT2D eigenvalue weighted by atomic mass is 10.0. The summed E-state index contributed by atoms with van der Waals surface area (Å²) in [7, 11) is 1.96. The van der Waals surface area contributed by atoms with E-state index < -0.39 is 0 Å². The monoisotopic (exact) mass is 430 g/mol. The van der Waals surface area contributed by atoms with Crippen LogP contribution in [0.4, 0.5) is 10.1 Å². The Morgan fingerprint density at radius 3 is 2.39 bits per heavy atom. The average molecular weight is 431 g/mol. The normalized spacial score (nSPS) is 23.5.